The van der Waals surface area contributed by atoms with Gasteiger partial charge in [0.25, 0.3) is 0 Å². The van der Waals surface area contributed by atoms with Gasteiger partial charge in [-0.2, -0.15) is 0 Å². The number of benzene rings is 1. The van der Waals surface area contributed by atoms with Crippen LogP contribution in [-0.2, 0) is 0 Å². The lowest BCUT2D eigenvalue weighted by atomic mass is 10.0. The first-order valence-electron chi connectivity index (χ1n) is 4.95. The molecule has 0 radical (unpaired) electrons. The molecule has 1 aromatic heterocycles. The Kier molecular flexibility index (Phi) is 3.62. The molecule has 0 aliphatic rings. The van der Waals surface area contributed by atoms with Gasteiger partial charge in [0.15, 0.2) is 5.22 Å². The number of halogens is 2. The van der Waals surface area contributed by atoms with Crippen molar-refractivity contribution in [2.75, 3.05) is 7.11 Å². The summed E-state index contributed by atoms with van der Waals surface area (Å²) in [7, 11) is 1.56. The second kappa shape index (κ2) is 5.00. The largest absolute Gasteiger partial charge is 0.495 e. The van der Waals surface area contributed by atoms with Crippen LogP contribution in [0.1, 0.15) is 17.2 Å². The first kappa shape index (κ1) is 12.3. The van der Waals surface area contributed by atoms with E-state index in [1.807, 2.05) is 6.07 Å². The fourth-order valence-corrected chi connectivity index (χ4v) is 2.00. The van der Waals surface area contributed by atoms with Crippen LogP contribution in [0.15, 0.2) is 34.9 Å². The van der Waals surface area contributed by atoms with Crippen molar-refractivity contribution in [2.24, 2.45) is 5.73 Å². The van der Waals surface area contributed by atoms with Crippen LogP contribution in [0.4, 0.5) is 0 Å². The predicted octanol–water partition coefficient (Wildman–Crippen LogP) is 3.64. The minimum atomic E-state index is -0.368. The summed E-state index contributed by atoms with van der Waals surface area (Å²) in [4.78, 5) is 0. The van der Waals surface area contributed by atoms with E-state index in [1.165, 1.54) is 6.26 Å². The zero-order valence-corrected chi connectivity index (χ0v) is 10.6. The van der Waals surface area contributed by atoms with Gasteiger partial charge in [-0.15, -0.1) is 0 Å². The van der Waals surface area contributed by atoms with Crippen LogP contribution >= 0.6 is 23.2 Å². The summed E-state index contributed by atoms with van der Waals surface area (Å²) in [5.41, 5.74) is 7.68. The molecule has 0 aliphatic carbocycles. The number of nitrogens with two attached hydrogens (primary N) is 1. The van der Waals surface area contributed by atoms with Gasteiger partial charge in [-0.1, -0.05) is 17.7 Å². The van der Waals surface area contributed by atoms with Crippen LogP contribution in [0.5, 0.6) is 5.75 Å². The highest BCUT2D eigenvalue weighted by atomic mass is 35.5. The zero-order valence-electron chi connectivity index (χ0n) is 9.11. The number of hydrogen-bond donors (Lipinski definition) is 1. The summed E-state index contributed by atoms with van der Waals surface area (Å²) in [6.45, 7) is 0. The minimum Gasteiger partial charge on any atom is -0.495 e. The number of furan rings is 1. The number of rotatable bonds is 3. The predicted molar refractivity (Wildman–Crippen MR) is 67.8 cm³/mol. The molecule has 2 rings (SSSR count). The lowest BCUT2D eigenvalue weighted by Gasteiger charge is -2.12. The average Bonchev–Trinajstić information content (AvgIpc) is 2.75. The van der Waals surface area contributed by atoms with E-state index in [-0.39, 0.29) is 6.04 Å². The van der Waals surface area contributed by atoms with Gasteiger partial charge in [-0.3, -0.25) is 0 Å². The van der Waals surface area contributed by atoms with Crippen molar-refractivity contribution in [1.82, 2.24) is 0 Å². The minimum absolute atomic E-state index is 0.298. The van der Waals surface area contributed by atoms with Crippen LogP contribution in [0.2, 0.25) is 10.2 Å². The number of ether oxygens (including phenoxy) is 1. The van der Waals surface area contributed by atoms with Crippen molar-refractivity contribution in [3.8, 4) is 5.75 Å². The Morgan fingerprint density at radius 2 is 2.06 bits per heavy atom. The molecular weight excluding hydrogens is 261 g/mol. The van der Waals surface area contributed by atoms with Gasteiger partial charge in [-0.25, -0.2) is 0 Å². The summed E-state index contributed by atoms with van der Waals surface area (Å²) in [5.74, 6) is 0.583. The molecule has 1 atom stereocenters. The van der Waals surface area contributed by atoms with E-state index >= 15 is 0 Å². The van der Waals surface area contributed by atoms with Crippen molar-refractivity contribution in [3.05, 3.63) is 51.9 Å². The molecule has 17 heavy (non-hydrogen) atoms. The molecule has 3 nitrogen and oxygen atoms in total. The van der Waals surface area contributed by atoms with E-state index in [9.17, 15) is 0 Å². The molecule has 2 aromatic rings. The summed E-state index contributed by atoms with van der Waals surface area (Å²) in [6.07, 6.45) is 1.50. The lowest BCUT2D eigenvalue weighted by Crippen LogP contribution is -2.11. The second-order valence-corrected chi connectivity index (χ2v) is 4.27. The van der Waals surface area contributed by atoms with E-state index in [2.05, 4.69) is 0 Å². The molecule has 1 aromatic carbocycles. The van der Waals surface area contributed by atoms with Crippen molar-refractivity contribution in [3.63, 3.8) is 0 Å². The first-order valence-corrected chi connectivity index (χ1v) is 5.71. The second-order valence-electron chi connectivity index (χ2n) is 3.52. The van der Waals surface area contributed by atoms with Gasteiger partial charge >= 0.3 is 0 Å². The number of methoxy groups -OCH3 is 1. The van der Waals surface area contributed by atoms with Gasteiger partial charge in [0.05, 0.1) is 24.4 Å². The van der Waals surface area contributed by atoms with Crippen molar-refractivity contribution >= 4 is 23.2 Å². The molecule has 0 saturated carbocycles. The van der Waals surface area contributed by atoms with Gasteiger partial charge in [0.2, 0.25) is 0 Å². The Labute approximate surface area is 109 Å². The molecule has 2 N–H and O–H groups in total. The van der Waals surface area contributed by atoms with Crippen LogP contribution in [0, 0.1) is 0 Å². The third kappa shape index (κ3) is 2.41. The summed E-state index contributed by atoms with van der Waals surface area (Å²) in [5, 5.41) is 0.841. The Morgan fingerprint density at radius 3 is 2.65 bits per heavy atom. The summed E-state index contributed by atoms with van der Waals surface area (Å²) >= 11 is 11.8. The summed E-state index contributed by atoms with van der Waals surface area (Å²) in [6, 6.07) is 6.74. The highest BCUT2D eigenvalue weighted by Crippen LogP contribution is 2.32. The lowest BCUT2D eigenvalue weighted by molar-refractivity contribution is 0.414. The highest BCUT2D eigenvalue weighted by Gasteiger charge is 2.16. The molecule has 5 heteroatoms. The molecule has 90 valence electrons. The van der Waals surface area contributed by atoms with Crippen LogP contribution in [-0.4, -0.2) is 7.11 Å². The molecular formula is C12H11Cl2NO2. The van der Waals surface area contributed by atoms with Crippen LogP contribution < -0.4 is 10.5 Å². The molecule has 1 unspecified atom stereocenters. The molecule has 0 saturated heterocycles. The zero-order chi connectivity index (χ0) is 12.4. The fourth-order valence-electron chi connectivity index (χ4n) is 1.58. The third-order valence-corrected chi connectivity index (χ3v) is 3.13. The van der Waals surface area contributed by atoms with Crippen LogP contribution in [0.25, 0.3) is 0 Å². The molecule has 0 bridgehead atoms. The van der Waals surface area contributed by atoms with Gasteiger partial charge in [0.1, 0.15) is 5.75 Å². The van der Waals surface area contributed by atoms with Crippen molar-refractivity contribution in [2.45, 2.75) is 6.04 Å². The smallest absolute Gasteiger partial charge is 0.198 e. The topological polar surface area (TPSA) is 48.4 Å². The standard InChI is InChI=1S/C12H11Cl2NO2/c1-16-10-6-7(2-3-9(10)13)11(15)8-4-5-17-12(8)14/h2-6,11H,15H2,1H3. The fraction of sp³-hybridized carbons (Fsp3) is 0.167. The molecule has 0 fully saturated rings. The van der Waals surface area contributed by atoms with Crippen molar-refractivity contribution in [1.29, 1.82) is 0 Å². The van der Waals surface area contributed by atoms with Gasteiger partial charge in [0, 0.05) is 5.56 Å². The highest BCUT2D eigenvalue weighted by molar-refractivity contribution is 6.32. The SMILES string of the molecule is COc1cc(C(N)c2ccoc2Cl)ccc1Cl. The first-order chi connectivity index (χ1) is 8.13. The van der Waals surface area contributed by atoms with Gasteiger partial charge in [-0.05, 0) is 35.4 Å². The van der Waals surface area contributed by atoms with E-state index in [4.69, 9.17) is 38.1 Å². The van der Waals surface area contributed by atoms with Gasteiger partial charge < -0.3 is 14.9 Å². The maximum atomic E-state index is 6.09. The van der Waals surface area contributed by atoms with E-state index in [1.54, 1.807) is 25.3 Å². The molecule has 0 amide bonds. The normalized spacial score (nSPS) is 12.5. The third-order valence-electron chi connectivity index (χ3n) is 2.52. The van der Waals surface area contributed by atoms with E-state index in [0.717, 1.165) is 11.1 Å². The quantitative estimate of drug-likeness (QED) is 0.927. The molecule has 0 spiro atoms. The number of hydrogen-bond acceptors (Lipinski definition) is 3. The van der Waals surface area contributed by atoms with E-state index < -0.39 is 0 Å². The Bertz CT molecular complexity index is 525. The maximum absolute atomic E-state index is 6.09. The average molecular weight is 272 g/mol. The molecule has 1 heterocycles. The Balaban J connectivity index is 2.38. The Hall–Kier alpha value is -1.16. The van der Waals surface area contributed by atoms with Crippen LogP contribution in [0.3, 0.4) is 0 Å². The Morgan fingerprint density at radius 1 is 1.29 bits per heavy atom. The van der Waals surface area contributed by atoms with Crippen molar-refractivity contribution < 1.29 is 9.15 Å². The monoisotopic (exact) mass is 271 g/mol. The molecule has 0 aliphatic heterocycles. The van der Waals surface area contributed by atoms with E-state index in [0.29, 0.717) is 16.0 Å². The maximum Gasteiger partial charge on any atom is 0.198 e. The summed E-state index contributed by atoms with van der Waals surface area (Å²) < 4.78 is 10.2.